The summed E-state index contributed by atoms with van der Waals surface area (Å²) in [5.41, 5.74) is 11.5. The molecule has 0 aromatic heterocycles. The van der Waals surface area contributed by atoms with Gasteiger partial charge in [0, 0.05) is 33.8 Å². The molecular formula is C28H28Cl2F3N3O8S. The van der Waals surface area contributed by atoms with Crippen molar-refractivity contribution < 1.29 is 50.5 Å². The number of nitrogens with two attached hydrogens (primary N) is 2. The van der Waals surface area contributed by atoms with E-state index in [4.69, 9.17) is 58.8 Å². The third-order valence-corrected chi connectivity index (χ3v) is 8.94. The number of methoxy groups -OCH3 is 2. The SMILES string of the molecule is COc1ccc(S(=O)(=O)N2C(=O)C(N)(c3ccccc3Cl)c3c2ccc(Cl)c3CCOCCN)cc1OC.O=C(O)C(F)(F)F. The highest BCUT2D eigenvalue weighted by atomic mass is 35.5. The Bertz CT molecular complexity index is 1690. The van der Waals surface area contributed by atoms with Crippen molar-refractivity contribution in [2.45, 2.75) is 23.0 Å². The maximum absolute atomic E-state index is 14.2. The number of nitrogens with zero attached hydrogens (tertiary/aromatic N) is 1. The number of aliphatic carboxylic acids is 1. The summed E-state index contributed by atoms with van der Waals surface area (Å²) in [7, 11) is -1.66. The van der Waals surface area contributed by atoms with E-state index in [0.29, 0.717) is 33.8 Å². The van der Waals surface area contributed by atoms with E-state index in [9.17, 15) is 26.4 Å². The molecule has 3 aromatic rings. The van der Waals surface area contributed by atoms with Crippen LogP contribution in [0, 0.1) is 0 Å². The molecule has 45 heavy (non-hydrogen) atoms. The average molecular weight is 695 g/mol. The maximum Gasteiger partial charge on any atom is 0.490 e. The Hall–Kier alpha value is -3.60. The zero-order valence-electron chi connectivity index (χ0n) is 23.7. The summed E-state index contributed by atoms with van der Waals surface area (Å²) in [5.74, 6) is -3.15. The third kappa shape index (κ3) is 7.13. The predicted molar refractivity (Wildman–Crippen MR) is 159 cm³/mol. The fraction of sp³-hybridized carbons (Fsp3) is 0.286. The van der Waals surface area contributed by atoms with Gasteiger partial charge in [0.1, 0.15) is 0 Å². The first-order valence-corrected chi connectivity index (χ1v) is 15.0. The van der Waals surface area contributed by atoms with Gasteiger partial charge in [-0.15, -0.1) is 0 Å². The second-order valence-electron chi connectivity index (χ2n) is 9.25. The van der Waals surface area contributed by atoms with Gasteiger partial charge >= 0.3 is 12.1 Å². The number of fused-ring (bicyclic) bond motifs is 1. The summed E-state index contributed by atoms with van der Waals surface area (Å²) in [6.07, 6.45) is -4.83. The van der Waals surface area contributed by atoms with E-state index >= 15 is 0 Å². The molecule has 244 valence electrons. The summed E-state index contributed by atoms with van der Waals surface area (Å²) >= 11 is 13.1. The van der Waals surface area contributed by atoms with Crippen LogP contribution in [0.1, 0.15) is 16.7 Å². The van der Waals surface area contributed by atoms with Crippen LogP contribution in [0.3, 0.4) is 0 Å². The average Bonchev–Trinajstić information content (AvgIpc) is 3.23. The van der Waals surface area contributed by atoms with Gasteiger partial charge in [0.25, 0.3) is 15.9 Å². The molecule has 1 aliphatic rings. The fourth-order valence-electron chi connectivity index (χ4n) is 4.55. The first-order valence-electron chi connectivity index (χ1n) is 12.8. The molecule has 1 unspecified atom stereocenters. The Labute approximate surface area is 266 Å². The smallest absolute Gasteiger partial charge is 0.490 e. The van der Waals surface area contributed by atoms with Crippen molar-refractivity contribution >= 4 is 50.8 Å². The van der Waals surface area contributed by atoms with Gasteiger partial charge in [0.05, 0.1) is 38.0 Å². The van der Waals surface area contributed by atoms with Crippen molar-refractivity contribution in [3.8, 4) is 11.5 Å². The number of halogens is 5. The van der Waals surface area contributed by atoms with Gasteiger partial charge in [-0.05, 0) is 42.3 Å². The normalized spacial score (nSPS) is 16.1. The molecule has 1 atom stereocenters. The number of carboxylic acid groups (broad SMARTS) is 1. The number of amides is 1. The van der Waals surface area contributed by atoms with Crippen LogP contribution in [0.15, 0.2) is 59.5 Å². The molecule has 0 radical (unpaired) electrons. The molecular weight excluding hydrogens is 666 g/mol. The number of carbonyl (C=O) groups excluding carboxylic acids is 1. The minimum Gasteiger partial charge on any atom is -0.493 e. The Balaban J connectivity index is 0.000000707. The first-order chi connectivity index (χ1) is 21.1. The molecule has 17 heteroatoms. The summed E-state index contributed by atoms with van der Waals surface area (Å²) in [4.78, 5) is 22.9. The van der Waals surface area contributed by atoms with Crippen molar-refractivity contribution in [3.63, 3.8) is 0 Å². The number of sulfonamides is 1. The Morgan fingerprint density at radius 2 is 1.62 bits per heavy atom. The zero-order valence-corrected chi connectivity index (χ0v) is 26.1. The van der Waals surface area contributed by atoms with Gasteiger partial charge < -0.3 is 30.8 Å². The van der Waals surface area contributed by atoms with E-state index in [1.165, 1.54) is 44.6 Å². The summed E-state index contributed by atoms with van der Waals surface area (Å²) in [6.45, 7) is 0.878. The van der Waals surface area contributed by atoms with Crippen molar-refractivity contribution in [3.05, 3.63) is 81.3 Å². The molecule has 5 N–H and O–H groups in total. The van der Waals surface area contributed by atoms with Crippen LogP contribution in [0.5, 0.6) is 11.5 Å². The van der Waals surface area contributed by atoms with E-state index < -0.39 is 33.6 Å². The summed E-state index contributed by atoms with van der Waals surface area (Å²) in [6, 6.07) is 13.6. The van der Waals surface area contributed by atoms with E-state index in [1.807, 2.05) is 0 Å². The molecule has 1 heterocycles. The number of carbonyl (C=O) groups is 2. The van der Waals surface area contributed by atoms with Crippen LogP contribution in [-0.2, 0) is 36.3 Å². The Morgan fingerprint density at radius 3 is 2.18 bits per heavy atom. The van der Waals surface area contributed by atoms with Gasteiger partial charge in [0.15, 0.2) is 17.0 Å². The highest BCUT2D eigenvalue weighted by Gasteiger charge is 2.56. The number of hydrogen-bond donors (Lipinski definition) is 3. The fourth-order valence-corrected chi connectivity index (χ4v) is 6.57. The van der Waals surface area contributed by atoms with Crippen LogP contribution in [0.25, 0.3) is 0 Å². The van der Waals surface area contributed by atoms with Crippen LogP contribution in [0.4, 0.5) is 18.9 Å². The van der Waals surface area contributed by atoms with Crippen LogP contribution >= 0.6 is 23.2 Å². The minimum atomic E-state index is -5.08. The van der Waals surface area contributed by atoms with Gasteiger partial charge in [0.2, 0.25) is 0 Å². The van der Waals surface area contributed by atoms with Gasteiger partial charge in [-0.3, -0.25) is 4.79 Å². The first kappa shape index (κ1) is 35.9. The number of rotatable bonds is 10. The Morgan fingerprint density at radius 1 is 1.00 bits per heavy atom. The lowest BCUT2D eigenvalue weighted by Gasteiger charge is -2.27. The molecule has 3 aromatic carbocycles. The van der Waals surface area contributed by atoms with Gasteiger partial charge in [-0.2, -0.15) is 13.2 Å². The number of ether oxygens (including phenoxy) is 3. The Kier molecular flexibility index (Phi) is 11.3. The van der Waals surface area contributed by atoms with E-state index in [2.05, 4.69) is 0 Å². The topological polar surface area (TPSA) is 171 Å². The van der Waals surface area contributed by atoms with E-state index in [0.717, 1.165) is 0 Å². The van der Waals surface area contributed by atoms with Crippen LogP contribution < -0.4 is 25.2 Å². The molecule has 0 spiro atoms. The summed E-state index contributed by atoms with van der Waals surface area (Å²) in [5, 5.41) is 7.63. The lowest BCUT2D eigenvalue weighted by atomic mass is 9.81. The van der Waals surface area contributed by atoms with Gasteiger partial charge in [-0.25, -0.2) is 17.5 Å². The molecule has 11 nitrogen and oxygen atoms in total. The van der Waals surface area contributed by atoms with Crippen molar-refractivity contribution in [1.82, 2.24) is 0 Å². The monoisotopic (exact) mass is 693 g/mol. The molecule has 0 aliphatic carbocycles. The highest BCUT2D eigenvalue weighted by molar-refractivity contribution is 7.93. The highest BCUT2D eigenvalue weighted by Crippen LogP contribution is 2.50. The lowest BCUT2D eigenvalue weighted by Crippen LogP contribution is -2.50. The molecule has 1 amide bonds. The number of alkyl halides is 3. The number of benzene rings is 3. The largest absolute Gasteiger partial charge is 0.493 e. The van der Waals surface area contributed by atoms with Crippen molar-refractivity contribution in [2.75, 3.05) is 38.3 Å². The maximum atomic E-state index is 14.2. The zero-order chi connectivity index (χ0) is 33.7. The molecule has 1 aliphatic heterocycles. The molecule has 0 fully saturated rings. The standard InChI is InChI=1S/C26H27Cl2N3O6S.C2HF3O2/c1-35-22-10-7-16(15-23(22)36-2)38(33,34)31-21-9-8-19(27)17(11-13-37-14-12-29)24(21)26(30,25(31)32)18-5-3-4-6-20(18)28;3-2(4,5)1(6)7/h3-10,15H,11-14,29-30H2,1-2H3;(H,6,7). The van der Waals surface area contributed by atoms with Crippen LogP contribution in [-0.4, -0.2) is 65.6 Å². The lowest BCUT2D eigenvalue weighted by molar-refractivity contribution is -0.192. The minimum absolute atomic E-state index is 0.0745. The second-order valence-corrected chi connectivity index (χ2v) is 11.9. The molecule has 0 bridgehead atoms. The van der Waals surface area contributed by atoms with Crippen LogP contribution in [0.2, 0.25) is 10.0 Å². The quantitative estimate of drug-likeness (QED) is 0.263. The molecule has 0 saturated carbocycles. The van der Waals surface area contributed by atoms with Crippen molar-refractivity contribution in [1.29, 1.82) is 0 Å². The predicted octanol–water partition coefficient (Wildman–Crippen LogP) is 4.10. The number of hydrogen-bond acceptors (Lipinski definition) is 9. The van der Waals surface area contributed by atoms with Gasteiger partial charge in [-0.1, -0.05) is 41.4 Å². The molecule has 0 saturated heterocycles. The number of carboxylic acids is 1. The number of anilines is 1. The van der Waals surface area contributed by atoms with Crippen molar-refractivity contribution in [2.24, 2.45) is 11.5 Å². The van der Waals surface area contributed by atoms with E-state index in [1.54, 1.807) is 24.3 Å². The molecule has 4 rings (SSSR count). The third-order valence-electron chi connectivity index (χ3n) is 6.56. The van der Waals surface area contributed by atoms with E-state index in [-0.39, 0.29) is 45.5 Å². The second kappa shape index (κ2) is 14.2. The summed E-state index contributed by atoms with van der Waals surface area (Å²) < 4.78 is 76.5.